The number of nitrogens with zero attached hydrogens (tertiary/aromatic N) is 3. The smallest absolute Gasteiger partial charge is 0.471 e. The second-order valence-electron chi connectivity index (χ2n) is 5.16. The second-order valence-corrected chi connectivity index (χ2v) is 7.42. The maximum Gasteiger partial charge on any atom is 0.471 e. The van der Waals surface area contributed by atoms with E-state index >= 15 is 0 Å². The summed E-state index contributed by atoms with van der Waals surface area (Å²) in [7, 11) is -3.06. The van der Waals surface area contributed by atoms with Crippen LogP contribution in [0, 0.1) is 0 Å². The summed E-state index contributed by atoms with van der Waals surface area (Å²) in [6.45, 7) is 0. The van der Waals surface area contributed by atoms with Gasteiger partial charge in [-0.3, -0.25) is 4.79 Å². The predicted octanol–water partition coefficient (Wildman–Crippen LogP) is 3.65. The number of hydrogen-bond acceptors (Lipinski definition) is 6. The predicted molar refractivity (Wildman–Crippen MR) is 82.5 cm³/mol. The highest BCUT2D eigenvalue weighted by atomic mass is 32.2. The van der Waals surface area contributed by atoms with Crippen molar-refractivity contribution in [2.24, 2.45) is 4.36 Å². The fourth-order valence-electron chi connectivity index (χ4n) is 1.96. The van der Waals surface area contributed by atoms with Crippen molar-refractivity contribution in [1.82, 2.24) is 10.1 Å². The Morgan fingerprint density at radius 1 is 1.19 bits per heavy atom. The van der Waals surface area contributed by atoms with Crippen LogP contribution in [0.1, 0.15) is 16.2 Å². The molecule has 136 valence electrons. The highest BCUT2D eigenvalue weighted by Crippen LogP contribution is 2.29. The van der Waals surface area contributed by atoms with Gasteiger partial charge in [0.2, 0.25) is 5.82 Å². The van der Waals surface area contributed by atoms with E-state index in [9.17, 15) is 22.2 Å². The number of halogens is 3. The van der Waals surface area contributed by atoms with E-state index in [1.165, 1.54) is 49.1 Å². The van der Waals surface area contributed by atoms with Crippen LogP contribution in [-0.2, 0) is 15.9 Å². The zero-order valence-electron chi connectivity index (χ0n) is 13.1. The summed E-state index contributed by atoms with van der Waals surface area (Å²) in [6.07, 6.45) is -1.00. The molecule has 0 aliphatic rings. The van der Waals surface area contributed by atoms with E-state index in [1.807, 2.05) is 0 Å². The number of carbonyl (C=O) groups is 1. The molecule has 1 unspecified atom stereocenters. The minimum absolute atomic E-state index is 0.155. The average molecular weight is 385 g/mol. The fraction of sp³-hybridized carbons (Fsp3) is 0.133. The second kappa shape index (κ2) is 6.41. The lowest BCUT2D eigenvalue weighted by atomic mass is 10.2. The molecule has 3 rings (SSSR count). The first kappa shape index (κ1) is 17.9. The van der Waals surface area contributed by atoms with E-state index in [0.717, 1.165) is 0 Å². The van der Waals surface area contributed by atoms with Gasteiger partial charge in [-0.1, -0.05) is 5.16 Å². The molecule has 1 amide bonds. The lowest BCUT2D eigenvalue weighted by Gasteiger charge is -2.04. The van der Waals surface area contributed by atoms with Gasteiger partial charge in [0.05, 0.1) is 21.6 Å². The highest BCUT2D eigenvalue weighted by Gasteiger charge is 2.38. The molecule has 0 fully saturated rings. The van der Waals surface area contributed by atoms with Gasteiger partial charge in [0.25, 0.3) is 5.91 Å². The Labute approximate surface area is 145 Å². The molecule has 0 N–H and O–H groups in total. The van der Waals surface area contributed by atoms with E-state index in [-0.39, 0.29) is 21.8 Å². The largest absolute Gasteiger partial charge is 0.472 e. The molecule has 0 bridgehead atoms. The molecule has 0 aliphatic carbocycles. The van der Waals surface area contributed by atoms with Crippen LogP contribution in [0.15, 0.2) is 61.1 Å². The summed E-state index contributed by atoms with van der Waals surface area (Å²) < 4.78 is 62.8. The van der Waals surface area contributed by atoms with Crippen LogP contribution in [0.4, 0.5) is 13.2 Å². The lowest BCUT2D eigenvalue weighted by Crippen LogP contribution is -2.05. The van der Waals surface area contributed by atoms with Crippen molar-refractivity contribution < 1.29 is 31.1 Å². The van der Waals surface area contributed by atoms with E-state index in [0.29, 0.717) is 0 Å². The summed E-state index contributed by atoms with van der Waals surface area (Å²) >= 11 is 0. The Bertz CT molecular complexity index is 1050. The van der Waals surface area contributed by atoms with Crippen molar-refractivity contribution in [2.75, 3.05) is 6.26 Å². The maximum absolute atomic E-state index is 12.7. The molecule has 7 nitrogen and oxygen atoms in total. The maximum atomic E-state index is 12.7. The number of rotatable bonds is 3. The van der Waals surface area contributed by atoms with Crippen molar-refractivity contribution in [3.05, 3.63) is 54.3 Å². The molecule has 2 heterocycles. The summed E-state index contributed by atoms with van der Waals surface area (Å²) in [6, 6.07) is 6.85. The molecule has 0 aliphatic heterocycles. The van der Waals surface area contributed by atoms with Crippen LogP contribution in [0.3, 0.4) is 0 Å². The first-order valence-corrected chi connectivity index (χ1v) is 8.89. The standard InChI is InChI=1S/C15H10F3N3O4S/c1-26(23,21-13(22)10-6-7-24-8-10)11-4-2-9(3-5-11)12-19-14(25-20-12)15(16,17)18/h2-8H,1H3. The van der Waals surface area contributed by atoms with Gasteiger partial charge in [0, 0.05) is 16.7 Å². The third-order valence-corrected chi connectivity index (χ3v) is 4.90. The number of hydrogen-bond donors (Lipinski definition) is 0. The van der Waals surface area contributed by atoms with Crippen molar-refractivity contribution in [2.45, 2.75) is 11.1 Å². The SMILES string of the molecule is CS(=O)(=NC(=O)c1ccoc1)c1ccc(-c2noc(C(F)(F)F)n2)cc1. The number of carbonyl (C=O) groups excluding carboxylic acids is 1. The molecular weight excluding hydrogens is 375 g/mol. The molecular formula is C15H10F3N3O4S. The Hall–Kier alpha value is -2.95. The molecule has 3 aromatic rings. The van der Waals surface area contributed by atoms with Gasteiger partial charge in [-0.15, -0.1) is 0 Å². The molecule has 1 atom stereocenters. The van der Waals surface area contributed by atoms with Gasteiger partial charge in [0.1, 0.15) is 6.26 Å². The number of aromatic nitrogens is 2. The Balaban J connectivity index is 1.88. The molecule has 0 radical (unpaired) electrons. The molecule has 26 heavy (non-hydrogen) atoms. The zero-order chi connectivity index (χ0) is 18.9. The molecule has 0 saturated carbocycles. The van der Waals surface area contributed by atoms with E-state index in [4.69, 9.17) is 4.42 Å². The molecule has 1 aromatic carbocycles. The first-order valence-electron chi connectivity index (χ1n) is 6.97. The van der Waals surface area contributed by atoms with Crippen LogP contribution in [-0.4, -0.2) is 26.5 Å². The highest BCUT2D eigenvalue weighted by molar-refractivity contribution is 7.93. The summed E-state index contributed by atoms with van der Waals surface area (Å²) in [5, 5.41) is 3.26. The number of furan rings is 1. The Morgan fingerprint density at radius 3 is 2.42 bits per heavy atom. The fourth-order valence-corrected chi connectivity index (χ4v) is 3.13. The minimum Gasteiger partial charge on any atom is -0.472 e. The first-order chi connectivity index (χ1) is 12.2. The van der Waals surface area contributed by atoms with Crippen LogP contribution in [0.5, 0.6) is 0 Å². The normalized spacial score (nSPS) is 14.0. The van der Waals surface area contributed by atoms with Gasteiger partial charge in [-0.25, -0.2) is 4.21 Å². The zero-order valence-corrected chi connectivity index (χ0v) is 13.9. The van der Waals surface area contributed by atoms with E-state index in [1.54, 1.807) is 0 Å². The molecule has 0 saturated heterocycles. The summed E-state index contributed by atoms with van der Waals surface area (Å²) in [5.74, 6) is -2.43. The summed E-state index contributed by atoms with van der Waals surface area (Å²) in [4.78, 5) is 15.4. The lowest BCUT2D eigenvalue weighted by molar-refractivity contribution is -0.159. The Kier molecular flexibility index (Phi) is 4.40. The van der Waals surface area contributed by atoms with Gasteiger partial charge in [0.15, 0.2) is 0 Å². The monoisotopic (exact) mass is 385 g/mol. The van der Waals surface area contributed by atoms with E-state index in [2.05, 4.69) is 19.0 Å². The van der Waals surface area contributed by atoms with Gasteiger partial charge >= 0.3 is 12.1 Å². The topological polar surface area (TPSA) is 98.6 Å². The van der Waals surface area contributed by atoms with Gasteiger partial charge < -0.3 is 8.94 Å². The quantitative estimate of drug-likeness (QED) is 0.683. The molecule has 0 spiro atoms. The molecule has 11 heteroatoms. The van der Waals surface area contributed by atoms with Crippen molar-refractivity contribution in [1.29, 1.82) is 0 Å². The van der Waals surface area contributed by atoms with Gasteiger partial charge in [-0.05, 0) is 30.3 Å². The molecule has 2 aromatic heterocycles. The van der Waals surface area contributed by atoms with Crippen LogP contribution < -0.4 is 0 Å². The number of benzene rings is 1. The van der Waals surface area contributed by atoms with Crippen LogP contribution in [0.25, 0.3) is 11.4 Å². The third-order valence-electron chi connectivity index (χ3n) is 3.24. The van der Waals surface area contributed by atoms with Crippen molar-refractivity contribution >= 4 is 15.6 Å². The Morgan fingerprint density at radius 2 is 1.88 bits per heavy atom. The van der Waals surface area contributed by atoms with Gasteiger partial charge in [-0.2, -0.15) is 22.5 Å². The number of alkyl halides is 3. The van der Waals surface area contributed by atoms with E-state index < -0.39 is 27.7 Å². The van der Waals surface area contributed by atoms with Crippen molar-refractivity contribution in [3.63, 3.8) is 0 Å². The third kappa shape index (κ3) is 3.67. The summed E-state index contributed by atoms with van der Waals surface area (Å²) in [5.41, 5.74) is 0.382. The van der Waals surface area contributed by atoms with Crippen LogP contribution in [0.2, 0.25) is 0 Å². The van der Waals surface area contributed by atoms with Crippen LogP contribution >= 0.6 is 0 Å². The van der Waals surface area contributed by atoms with Crippen molar-refractivity contribution in [3.8, 4) is 11.4 Å². The minimum atomic E-state index is -4.74. The average Bonchev–Trinajstić information content (AvgIpc) is 3.26. The number of amides is 1.